The topological polar surface area (TPSA) is 30.2 Å². The normalized spacial score (nSPS) is 9.25. The van der Waals surface area contributed by atoms with Gasteiger partial charge in [-0.1, -0.05) is 13.8 Å². The molecule has 0 aliphatic heterocycles. The molecule has 0 saturated heterocycles. The number of aryl methyl sites for hydroxylation is 1. The second-order valence-corrected chi connectivity index (χ2v) is 2.17. The molecule has 2 heterocycles. The lowest BCUT2D eigenvalue weighted by Gasteiger charge is -1.93. The molecule has 0 unspecified atom stereocenters. The average molecular weight is 163 g/mol. The monoisotopic (exact) mass is 163 g/mol. The third-order valence-electron chi connectivity index (χ3n) is 1.52. The van der Waals surface area contributed by atoms with Gasteiger partial charge in [-0.2, -0.15) is 5.10 Å². The molecule has 0 aromatic carbocycles. The predicted octanol–water partition coefficient (Wildman–Crippen LogP) is 2.06. The zero-order valence-electron chi connectivity index (χ0n) is 7.65. The Labute approximate surface area is 72.1 Å². The maximum atomic E-state index is 4.12. The molecule has 2 aromatic heterocycles. The van der Waals surface area contributed by atoms with Crippen LogP contribution in [-0.4, -0.2) is 14.6 Å². The fourth-order valence-electron chi connectivity index (χ4n) is 0.994. The van der Waals surface area contributed by atoms with Crippen molar-refractivity contribution in [3.63, 3.8) is 0 Å². The van der Waals surface area contributed by atoms with E-state index >= 15 is 0 Å². The Balaban J connectivity index is 0.000000336. The van der Waals surface area contributed by atoms with Crippen molar-refractivity contribution in [2.75, 3.05) is 0 Å². The molecule has 3 nitrogen and oxygen atoms in total. The van der Waals surface area contributed by atoms with Gasteiger partial charge in [-0.15, -0.1) is 0 Å². The van der Waals surface area contributed by atoms with Crippen molar-refractivity contribution in [1.82, 2.24) is 14.6 Å². The molecule has 2 aromatic rings. The Morgan fingerprint density at radius 1 is 1.25 bits per heavy atom. The van der Waals surface area contributed by atoms with E-state index in [1.807, 2.05) is 37.5 Å². The van der Waals surface area contributed by atoms with Gasteiger partial charge in [0, 0.05) is 12.4 Å². The third kappa shape index (κ3) is 1.44. The molecule has 64 valence electrons. The molecule has 0 radical (unpaired) electrons. The fraction of sp³-hybridized carbons (Fsp3) is 0.333. The van der Waals surface area contributed by atoms with Gasteiger partial charge in [-0.3, -0.25) is 4.98 Å². The Morgan fingerprint density at radius 3 is 2.67 bits per heavy atom. The first kappa shape index (κ1) is 8.71. The highest BCUT2D eigenvalue weighted by Crippen LogP contribution is 2.03. The standard InChI is InChI=1S/C7H7N3.C2H6/c1-6-7-2-3-9-10(7)5-4-8-6;1-2/h2-5H,1H3;1-2H3. The van der Waals surface area contributed by atoms with Gasteiger partial charge in [0.1, 0.15) is 0 Å². The molecule has 0 atom stereocenters. The van der Waals surface area contributed by atoms with Crippen LogP contribution in [0.4, 0.5) is 0 Å². The van der Waals surface area contributed by atoms with Crippen LogP contribution in [0.3, 0.4) is 0 Å². The Hall–Kier alpha value is -1.38. The molecule has 2 rings (SSSR count). The Bertz CT molecular complexity index is 351. The lowest BCUT2D eigenvalue weighted by Crippen LogP contribution is -1.89. The van der Waals surface area contributed by atoms with Crippen LogP contribution in [0, 0.1) is 6.92 Å². The van der Waals surface area contributed by atoms with E-state index in [2.05, 4.69) is 10.1 Å². The number of hydrogen-bond acceptors (Lipinski definition) is 2. The second kappa shape index (κ2) is 3.85. The van der Waals surface area contributed by atoms with E-state index in [0.717, 1.165) is 11.2 Å². The van der Waals surface area contributed by atoms with Crippen molar-refractivity contribution in [3.8, 4) is 0 Å². The van der Waals surface area contributed by atoms with Crippen LogP contribution in [0.5, 0.6) is 0 Å². The highest BCUT2D eigenvalue weighted by molar-refractivity contribution is 5.48. The van der Waals surface area contributed by atoms with Crippen LogP contribution in [0.2, 0.25) is 0 Å². The minimum atomic E-state index is 1.01. The van der Waals surface area contributed by atoms with E-state index in [4.69, 9.17) is 0 Å². The summed E-state index contributed by atoms with van der Waals surface area (Å²) in [7, 11) is 0. The molecule has 0 N–H and O–H groups in total. The zero-order chi connectivity index (χ0) is 8.97. The minimum Gasteiger partial charge on any atom is -0.258 e. The van der Waals surface area contributed by atoms with Crippen LogP contribution in [-0.2, 0) is 0 Å². The summed E-state index contributed by atoms with van der Waals surface area (Å²) < 4.78 is 1.81. The lowest BCUT2D eigenvalue weighted by atomic mass is 10.4. The molecule has 0 fully saturated rings. The number of rotatable bonds is 0. The third-order valence-corrected chi connectivity index (χ3v) is 1.52. The van der Waals surface area contributed by atoms with Gasteiger partial charge in [0.2, 0.25) is 0 Å². The molecule has 0 spiro atoms. The predicted molar refractivity (Wildman–Crippen MR) is 49.1 cm³/mol. The highest BCUT2D eigenvalue weighted by atomic mass is 15.2. The highest BCUT2D eigenvalue weighted by Gasteiger charge is 1.94. The maximum absolute atomic E-state index is 4.12. The first-order valence-electron chi connectivity index (χ1n) is 4.13. The van der Waals surface area contributed by atoms with Crippen molar-refractivity contribution in [1.29, 1.82) is 0 Å². The van der Waals surface area contributed by atoms with E-state index in [1.54, 1.807) is 12.4 Å². The van der Waals surface area contributed by atoms with Crippen LogP contribution in [0.25, 0.3) is 5.52 Å². The van der Waals surface area contributed by atoms with E-state index in [9.17, 15) is 0 Å². The van der Waals surface area contributed by atoms with Crippen LogP contribution in [0.15, 0.2) is 24.7 Å². The van der Waals surface area contributed by atoms with E-state index in [1.165, 1.54) is 0 Å². The number of hydrogen-bond donors (Lipinski definition) is 0. The van der Waals surface area contributed by atoms with E-state index in [-0.39, 0.29) is 0 Å². The number of fused-ring (bicyclic) bond motifs is 1. The first-order chi connectivity index (χ1) is 5.88. The summed E-state index contributed by atoms with van der Waals surface area (Å²) in [6.07, 6.45) is 5.35. The van der Waals surface area contributed by atoms with Crippen molar-refractivity contribution in [3.05, 3.63) is 30.4 Å². The van der Waals surface area contributed by atoms with E-state index in [0.29, 0.717) is 0 Å². The van der Waals surface area contributed by atoms with Gasteiger partial charge in [0.15, 0.2) is 0 Å². The summed E-state index contributed by atoms with van der Waals surface area (Å²) in [5, 5.41) is 4.06. The molecular weight excluding hydrogens is 150 g/mol. The summed E-state index contributed by atoms with van der Waals surface area (Å²) in [4.78, 5) is 4.12. The molecule has 3 heteroatoms. The first-order valence-corrected chi connectivity index (χ1v) is 4.13. The van der Waals surface area contributed by atoms with Gasteiger partial charge >= 0.3 is 0 Å². The van der Waals surface area contributed by atoms with Crippen LogP contribution >= 0.6 is 0 Å². The summed E-state index contributed by atoms with van der Waals surface area (Å²) in [6, 6.07) is 1.95. The van der Waals surface area contributed by atoms with Crippen molar-refractivity contribution in [2.45, 2.75) is 20.8 Å². The van der Waals surface area contributed by atoms with Gasteiger partial charge in [0.05, 0.1) is 17.4 Å². The van der Waals surface area contributed by atoms with Gasteiger partial charge in [-0.25, -0.2) is 4.52 Å². The van der Waals surface area contributed by atoms with Gasteiger partial charge in [-0.05, 0) is 13.0 Å². The van der Waals surface area contributed by atoms with Crippen molar-refractivity contribution >= 4 is 5.52 Å². The summed E-state index contributed by atoms with van der Waals surface area (Å²) in [5.74, 6) is 0. The van der Waals surface area contributed by atoms with Crippen molar-refractivity contribution < 1.29 is 0 Å². The van der Waals surface area contributed by atoms with Crippen LogP contribution in [0.1, 0.15) is 19.5 Å². The summed E-state index contributed by atoms with van der Waals surface area (Å²) >= 11 is 0. The molecule has 12 heavy (non-hydrogen) atoms. The number of aromatic nitrogens is 3. The summed E-state index contributed by atoms with van der Waals surface area (Å²) in [6.45, 7) is 5.97. The second-order valence-electron chi connectivity index (χ2n) is 2.17. The lowest BCUT2D eigenvalue weighted by molar-refractivity contribution is 0.934. The quantitative estimate of drug-likeness (QED) is 0.595. The molecule has 0 bridgehead atoms. The molecule has 0 amide bonds. The fourth-order valence-corrected chi connectivity index (χ4v) is 0.994. The van der Waals surface area contributed by atoms with Crippen LogP contribution < -0.4 is 0 Å². The Morgan fingerprint density at radius 2 is 2.00 bits per heavy atom. The zero-order valence-corrected chi connectivity index (χ0v) is 7.65. The van der Waals surface area contributed by atoms with E-state index < -0.39 is 0 Å². The minimum absolute atomic E-state index is 1.01. The Kier molecular flexibility index (Phi) is 2.80. The number of nitrogens with zero attached hydrogens (tertiary/aromatic N) is 3. The van der Waals surface area contributed by atoms with Gasteiger partial charge in [0.25, 0.3) is 0 Å². The SMILES string of the molecule is CC.Cc1nccn2nccc12. The molecule has 0 saturated carbocycles. The molecule has 0 aliphatic rings. The maximum Gasteiger partial charge on any atom is 0.0873 e. The van der Waals surface area contributed by atoms with Crippen molar-refractivity contribution in [2.24, 2.45) is 0 Å². The van der Waals surface area contributed by atoms with Gasteiger partial charge < -0.3 is 0 Å². The molecular formula is C9H13N3. The largest absolute Gasteiger partial charge is 0.258 e. The smallest absolute Gasteiger partial charge is 0.0873 e. The summed E-state index contributed by atoms with van der Waals surface area (Å²) in [5.41, 5.74) is 2.09. The molecule has 0 aliphatic carbocycles. The average Bonchev–Trinajstić information content (AvgIpc) is 2.57.